The molecule has 0 aliphatic carbocycles. The molecule has 0 saturated carbocycles. The standard InChI is InChI=1S/C10H9ClN2O.C9H13NO2S/c11-8-3-1-7(2-4-8)10-5-9(6-14)12-13-10;1-8-2-4-9(5-3-8)6-7-13(10,11)12/h1-5,14H,6H2,(H,12,13);2-5H,6-7H2,1H3,(H2,10,11,12). The SMILES string of the molecule is Cc1ccc(CCS(N)(=O)=O)cc1.OCc1cc(-c2ccc(Cl)cc2)n[nH]1. The Bertz CT molecular complexity index is 953. The van der Waals surface area contributed by atoms with Crippen LogP contribution in [0.5, 0.6) is 0 Å². The third-order valence-corrected chi connectivity index (χ3v) is 4.76. The average molecular weight is 408 g/mol. The molecule has 6 nitrogen and oxygen atoms in total. The first-order valence-electron chi connectivity index (χ1n) is 8.24. The van der Waals surface area contributed by atoms with Crippen molar-refractivity contribution in [3.8, 4) is 11.3 Å². The van der Waals surface area contributed by atoms with Gasteiger partial charge in [-0.1, -0.05) is 53.6 Å². The van der Waals surface area contributed by atoms with Crippen LogP contribution in [0.25, 0.3) is 11.3 Å². The first kappa shape index (κ1) is 21.1. The summed E-state index contributed by atoms with van der Waals surface area (Å²) in [6.07, 6.45) is 0.485. The maximum atomic E-state index is 10.6. The molecule has 3 aromatic rings. The molecular formula is C19H22ClN3O3S. The highest BCUT2D eigenvalue weighted by Gasteiger charge is 2.03. The number of nitrogens with two attached hydrogens (primary N) is 1. The molecule has 3 rings (SSSR count). The molecular weight excluding hydrogens is 386 g/mol. The summed E-state index contributed by atoms with van der Waals surface area (Å²) in [5.74, 6) is 0.00998. The second-order valence-electron chi connectivity index (χ2n) is 6.05. The Morgan fingerprint density at radius 1 is 1.11 bits per heavy atom. The second-order valence-corrected chi connectivity index (χ2v) is 8.22. The number of rotatable bonds is 5. The Hall–Kier alpha value is -2.19. The van der Waals surface area contributed by atoms with E-state index < -0.39 is 10.0 Å². The van der Waals surface area contributed by atoms with Gasteiger partial charge in [-0.05, 0) is 37.1 Å². The minimum atomic E-state index is -3.33. The van der Waals surface area contributed by atoms with E-state index in [1.807, 2.05) is 61.5 Å². The van der Waals surface area contributed by atoms with E-state index >= 15 is 0 Å². The van der Waals surface area contributed by atoms with Crippen LogP contribution in [0.15, 0.2) is 54.6 Å². The lowest BCUT2D eigenvalue weighted by Gasteiger charge is -2.00. The second kappa shape index (κ2) is 9.66. The van der Waals surface area contributed by atoms with Crippen molar-refractivity contribution in [2.24, 2.45) is 5.14 Å². The van der Waals surface area contributed by atoms with Crippen LogP contribution in [0, 0.1) is 6.92 Å². The zero-order valence-electron chi connectivity index (χ0n) is 14.9. The number of aryl methyl sites for hydroxylation is 2. The van der Waals surface area contributed by atoms with Gasteiger partial charge in [-0.3, -0.25) is 5.10 Å². The van der Waals surface area contributed by atoms with Gasteiger partial charge in [-0.25, -0.2) is 13.6 Å². The molecule has 4 N–H and O–H groups in total. The molecule has 2 aromatic carbocycles. The Kier molecular flexibility index (Phi) is 7.55. The molecule has 0 unspecified atom stereocenters. The summed E-state index contributed by atoms with van der Waals surface area (Å²) in [6.45, 7) is 1.96. The number of benzene rings is 2. The molecule has 0 atom stereocenters. The van der Waals surface area contributed by atoms with Crippen molar-refractivity contribution < 1.29 is 13.5 Å². The molecule has 0 aliphatic heterocycles. The number of H-pyrrole nitrogens is 1. The van der Waals surface area contributed by atoms with Crippen LogP contribution in [0.4, 0.5) is 0 Å². The molecule has 0 radical (unpaired) electrons. The summed E-state index contributed by atoms with van der Waals surface area (Å²) in [6, 6.07) is 17.0. The number of hydrogen-bond acceptors (Lipinski definition) is 4. The van der Waals surface area contributed by atoms with Gasteiger partial charge in [0.05, 0.1) is 23.7 Å². The number of halogens is 1. The Labute approximate surface area is 164 Å². The fraction of sp³-hybridized carbons (Fsp3) is 0.211. The molecule has 1 aromatic heterocycles. The molecule has 0 amide bonds. The fourth-order valence-corrected chi connectivity index (χ4v) is 2.87. The fourth-order valence-electron chi connectivity index (χ4n) is 2.23. The number of sulfonamides is 1. The molecule has 0 spiro atoms. The first-order chi connectivity index (χ1) is 12.8. The van der Waals surface area contributed by atoms with Crippen molar-refractivity contribution in [1.82, 2.24) is 10.2 Å². The molecule has 144 valence electrons. The van der Waals surface area contributed by atoms with Crippen molar-refractivity contribution in [1.29, 1.82) is 0 Å². The summed E-state index contributed by atoms with van der Waals surface area (Å²) in [7, 11) is -3.33. The summed E-state index contributed by atoms with van der Waals surface area (Å²) >= 11 is 5.76. The number of nitrogens with one attached hydrogen (secondary N) is 1. The lowest BCUT2D eigenvalue weighted by molar-refractivity contribution is 0.276. The van der Waals surface area contributed by atoms with Crippen molar-refractivity contribution in [2.45, 2.75) is 20.0 Å². The maximum Gasteiger partial charge on any atom is 0.209 e. The number of aromatic nitrogens is 2. The minimum Gasteiger partial charge on any atom is -0.390 e. The van der Waals surface area contributed by atoms with E-state index in [9.17, 15) is 8.42 Å². The number of primary sulfonamides is 1. The summed E-state index contributed by atoms with van der Waals surface area (Å²) in [4.78, 5) is 0. The molecule has 0 fully saturated rings. The topological polar surface area (TPSA) is 109 Å². The van der Waals surface area contributed by atoms with Crippen LogP contribution in [0.2, 0.25) is 5.02 Å². The lowest BCUT2D eigenvalue weighted by atomic mass is 10.1. The number of aliphatic hydroxyl groups is 1. The quantitative estimate of drug-likeness (QED) is 0.603. The number of nitrogens with zero attached hydrogens (tertiary/aromatic N) is 1. The Balaban J connectivity index is 0.000000194. The number of aliphatic hydroxyl groups excluding tert-OH is 1. The van der Waals surface area contributed by atoms with Gasteiger partial charge >= 0.3 is 0 Å². The van der Waals surface area contributed by atoms with Gasteiger partial charge in [0.1, 0.15) is 0 Å². The largest absolute Gasteiger partial charge is 0.390 e. The smallest absolute Gasteiger partial charge is 0.209 e. The first-order valence-corrected chi connectivity index (χ1v) is 10.3. The van der Waals surface area contributed by atoms with Gasteiger partial charge in [0.25, 0.3) is 0 Å². The van der Waals surface area contributed by atoms with E-state index in [4.69, 9.17) is 21.8 Å². The maximum absolute atomic E-state index is 10.6. The number of hydrogen-bond donors (Lipinski definition) is 3. The van der Waals surface area contributed by atoms with Gasteiger partial charge in [0, 0.05) is 10.6 Å². The van der Waals surface area contributed by atoms with Crippen LogP contribution in [0.1, 0.15) is 16.8 Å². The molecule has 0 bridgehead atoms. The van der Waals surface area contributed by atoms with E-state index in [-0.39, 0.29) is 12.4 Å². The predicted octanol–water partition coefficient (Wildman–Crippen LogP) is 3.05. The molecule has 0 saturated heterocycles. The number of aromatic amines is 1. The Morgan fingerprint density at radius 2 is 1.74 bits per heavy atom. The van der Waals surface area contributed by atoms with Gasteiger partial charge in [0.2, 0.25) is 10.0 Å². The van der Waals surface area contributed by atoms with Crippen LogP contribution < -0.4 is 5.14 Å². The van der Waals surface area contributed by atoms with Crippen LogP contribution in [-0.4, -0.2) is 29.5 Å². The highest BCUT2D eigenvalue weighted by molar-refractivity contribution is 7.89. The third kappa shape index (κ3) is 7.52. The molecule has 1 heterocycles. The van der Waals surface area contributed by atoms with Crippen molar-refractivity contribution in [3.63, 3.8) is 0 Å². The van der Waals surface area contributed by atoms with Crippen molar-refractivity contribution >= 4 is 21.6 Å². The van der Waals surface area contributed by atoms with Gasteiger partial charge in [0.15, 0.2) is 0 Å². The van der Waals surface area contributed by atoms with Gasteiger partial charge < -0.3 is 5.11 Å². The summed E-state index contributed by atoms with van der Waals surface area (Å²) in [5.41, 5.74) is 4.66. The Morgan fingerprint density at radius 3 is 2.26 bits per heavy atom. The van der Waals surface area contributed by atoms with Crippen LogP contribution >= 0.6 is 11.6 Å². The third-order valence-electron chi connectivity index (χ3n) is 3.74. The minimum absolute atomic E-state index is 0.00998. The zero-order valence-corrected chi connectivity index (χ0v) is 16.5. The van der Waals surface area contributed by atoms with E-state index in [2.05, 4.69) is 10.2 Å². The summed E-state index contributed by atoms with van der Waals surface area (Å²) < 4.78 is 21.3. The predicted molar refractivity (Wildman–Crippen MR) is 108 cm³/mol. The van der Waals surface area contributed by atoms with E-state index in [0.717, 1.165) is 16.8 Å². The van der Waals surface area contributed by atoms with E-state index in [0.29, 0.717) is 17.1 Å². The highest BCUT2D eigenvalue weighted by atomic mass is 35.5. The molecule has 27 heavy (non-hydrogen) atoms. The van der Waals surface area contributed by atoms with Crippen LogP contribution in [0.3, 0.4) is 0 Å². The monoisotopic (exact) mass is 407 g/mol. The normalized spacial score (nSPS) is 11.0. The van der Waals surface area contributed by atoms with Crippen LogP contribution in [-0.2, 0) is 23.1 Å². The van der Waals surface area contributed by atoms with Crippen molar-refractivity contribution in [2.75, 3.05) is 5.75 Å². The molecule has 8 heteroatoms. The van der Waals surface area contributed by atoms with Crippen molar-refractivity contribution in [3.05, 3.63) is 76.4 Å². The average Bonchev–Trinajstić information content (AvgIpc) is 3.11. The highest BCUT2D eigenvalue weighted by Crippen LogP contribution is 2.19. The van der Waals surface area contributed by atoms with E-state index in [1.54, 1.807) is 0 Å². The van der Waals surface area contributed by atoms with Gasteiger partial charge in [-0.2, -0.15) is 5.10 Å². The van der Waals surface area contributed by atoms with E-state index in [1.165, 1.54) is 5.56 Å². The zero-order chi connectivity index (χ0) is 19.9. The lowest BCUT2D eigenvalue weighted by Crippen LogP contribution is -2.17. The molecule has 0 aliphatic rings. The van der Waals surface area contributed by atoms with Gasteiger partial charge in [-0.15, -0.1) is 0 Å². The summed E-state index contributed by atoms with van der Waals surface area (Å²) in [5, 5.41) is 21.2.